The number of hydrogen-bond donors (Lipinski definition) is 3. The highest BCUT2D eigenvalue weighted by atomic mass is 16.5. The van der Waals surface area contributed by atoms with E-state index < -0.39 is 0 Å². The molecule has 2 aliphatic heterocycles. The molecule has 0 saturated carbocycles. The highest BCUT2D eigenvalue weighted by molar-refractivity contribution is 5.94. The van der Waals surface area contributed by atoms with E-state index >= 15 is 0 Å². The normalized spacial score (nSPS) is 21.5. The Kier molecular flexibility index (Phi) is 7.87. The maximum absolute atomic E-state index is 12.7. The van der Waals surface area contributed by atoms with Gasteiger partial charge >= 0.3 is 0 Å². The fourth-order valence-corrected chi connectivity index (χ4v) is 4.69. The SMILES string of the molecule is COc1ccc(CNC(=O)CCC2CNC(=O)C3CC(NC(=O)c4ccc(OC)cc4)CN23)cc1. The van der Waals surface area contributed by atoms with Crippen molar-refractivity contribution >= 4 is 17.7 Å². The number of carbonyl (C=O) groups is 3. The number of benzene rings is 2. The highest BCUT2D eigenvalue weighted by Gasteiger charge is 2.43. The molecule has 0 bridgehead atoms. The van der Waals surface area contributed by atoms with Crippen molar-refractivity contribution in [2.24, 2.45) is 0 Å². The lowest BCUT2D eigenvalue weighted by Gasteiger charge is -2.37. The number of methoxy groups -OCH3 is 2. The number of nitrogens with zero attached hydrogens (tertiary/aromatic N) is 1. The summed E-state index contributed by atoms with van der Waals surface area (Å²) in [5.74, 6) is 1.24. The topological polar surface area (TPSA) is 109 Å². The van der Waals surface area contributed by atoms with Crippen LogP contribution in [0.2, 0.25) is 0 Å². The Hall–Kier alpha value is -3.59. The van der Waals surface area contributed by atoms with Crippen molar-refractivity contribution in [2.45, 2.75) is 43.9 Å². The summed E-state index contributed by atoms with van der Waals surface area (Å²) in [4.78, 5) is 39.7. The summed E-state index contributed by atoms with van der Waals surface area (Å²) in [6.45, 7) is 1.54. The smallest absolute Gasteiger partial charge is 0.251 e. The number of amides is 3. The molecule has 0 radical (unpaired) electrons. The molecule has 3 N–H and O–H groups in total. The molecule has 3 atom stereocenters. The Labute approximate surface area is 205 Å². The van der Waals surface area contributed by atoms with Gasteiger partial charge < -0.3 is 25.4 Å². The summed E-state index contributed by atoms with van der Waals surface area (Å²) < 4.78 is 10.3. The number of fused-ring (bicyclic) bond motifs is 1. The summed E-state index contributed by atoms with van der Waals surface area (Å²) in [6, 6.07) is 14.1. The van der Waals surface area contributed by atoms with E-state index in [0.717, 1.165) is 11.3 Å². The Morgan fingerprint density at radius 3 is 2.34 bits per heavy atom. The van der Waals surface area contributed by atoms with Crippen molar-refractivity contribution in [1.82, 2.24) is 20.9 Å². The number of nitrogens with one attached hydrogen (secondary N) is 3. The first-order valence-corrected chi connectivity index (χ1v) is 11.8. The van der Waals surface area contributed by atoms with Crippen LogP contribution in [0.5, 0.6) is 11.5 Å². The maximum Gasteiger partial charge on any atom is 0.251 e. The van der Waals surface area contributed by atoms with Gasteiger partial charge in [0.05, 0.1) is 20.3 Å². The molecular weight excluding hydrogens is 448 g/mol. The molecule has 186 valence electrons. The third-order valence-corrected chi connectivity index (χ3v) is 6.66. The van der Waals surface area contributed by atoms with Crippen LogP contribution in [-0.4, -0.2) is 68.1 Å². The number of ether oxygens (including phenoxy) is 2. The van der Waals surface area contributed by atoms with Gasteiger partial charge in [-0.15, -0.1) is 0 Å². The lowest BCUT2D eigenvalue weighted by Crippen LogP contribution is -2.58. The van der Waals surface area contributed by atoms with E-state index in [0.29, 0.717) is 50.2 Å². The van der Waals surface area contributed by atoms with Crippen LogP contribution in [0.15, 0.2) is 48.5 Å². The predicted molar refractivity (Wildman–Crippen MR) is 130 cm³/mol. The van der Waals surface area contributed by atoms with Crippen molar-refractivity contribution in [1.29, 1.82) is 0 Å². The monoisotopic (exact) mass is 480 g/mol. The Morgan fingerprint density at radius 2 is 1.69 bits per heavy atom. The Balaban J connectivity index is 1.27. The van der Waals surface area contributed by atoms with E-state index in [1.807, 2.05) is 24.3 Å². The quantitative estimate of drug-likeness (QED) is 0.502. The van der Waals surface area contributed by atoms with E-state index in [4.69, 9.17) is 9.47 Å². The zero-order valence-corrected chi connectivity index (χ0v) is 20.1. The van der Waals surface area contributed by atoms with Gasteiger partial charge in [-0.25, -0.2) is 0 Å². The van der Waals surface area contributed by atoms with Gasteiger partial charge in [-0.05, 0) is 54.8 Å². The molecule has 9 nitrogen and oxygen atoms in total. The molecule has 9 heteroatoms. The zero-order valence-electron chi connectivity index (χ0n) is 20.1. The van der Waals surface area contributed by atoms with Gasteiger partial charge in [-0.1, -0.05) is 12.1 Å². The lowest BCUT2D eigenvalue weighted by atomic mass is 10.0. The van der Waals surface area contributed by atoms with Crippen LogP contribution >= 0.6 is 0 Å². The Morgan fingerprint density at radius 1 is 1.03 bits per heavy atom. The molecule has 0 aromatic heterocycles. The van der Waals surface area contributed by atoms with Gasteiger partial charge in [0.1, 0.15) is 11.5 Å². The van der Waals surface area contributed by atoms with Crippen LogP contribution in [0.3, 0.4) is 0 Å². The standard InChI is InChI=1S/C26H32N4O5/c1-34-21-8-3-17(4-9-21)14-27-24(31)12-7-20-15-28-26(33)23-13-19(16-30(20)23)29-25(32)18-5-10-22(35-2)11-6-18/h3-6,8-11,19-20,23H,7,12-16H2,1-2H3,(H,27,31)(H,28,33)(H,29,32). The van der Waals surface area contributed by atoms with E-state index in [1.54, 1.807) is 38.5 Å². The molecule has 0 aliphatic carbocycles. The molecule has 2 saturated heterocycles. The first kappa shape index (κ1) is 24.5. The van der Waals surface area contributed by atoms with Crippen molar-refractivity contribution in [3.8, 4) is 11.5 Å². The maximum atomic E-state index is 12.7. The minimum atomic E-state index is -0.294. The molecule has 4 rings (SSSR count). The van der Waals surface area contributed by atoms with Crippen LogP contribution in [0.1, 0.15) is 35.2 Å². The summed E-state index contributed by atoms with van der Waals surface area (Å²) in [7, 11) is 3.20. The van der Waals surface area contributed by atoms with Gasteiger partial charge in [0, 0.05) is 43.7 Å². The second kappa shape index (κ2) is 11.2. The fourth-order valence-electron chi connectivity index (χ4n) is 4.69. The van der Waals surface area contributed by atoms with Gasteiger partial charge in [0.2, 0.25) is 11.8 Å². The van der Waals surface area contributed by atoms with Crippen molar-refractivity contribution in [3.63, 3.8) is 0 Å². The second-order valence-corrected chi connectivity index (χ2v) is 8.91. The first-order chi connectivity index (χ1) is 17.0. The molecular formula is C26H32N4O5. The number of hydrogen-bond acceptors (Lipinski definition) is 6. The lowest BCUT2D eigenvalue weighted by molar-refractivity contribution is -0.129. The first-order valence-electron chi connectivity index (χ1n) is 11.8. The van der Waals surface area contributed by atoms with Gasteiger partial charge in [0.25, 0.3) is 5.91 Å². The van der Waals surface area contributed by atoms with E-state index in [-0.39, 0.29) is 35.8 Å². The third kappa shape index (κ3) is 6.10. The molecule has 3 unspecified atom stereocenters. The van der Waals surface area contributed by atoms with Crippen LogP contribution in [0.25, 0.3) is 0 Å². The van der Waals surface area contributed by atoms with Crippen molar-refractivity contribution < 1.29 is 23.9 Å². The van der Waals surface area contributed by atoms with Crippen LogP contribution in [0, 0.1) is 0 Å². The van der Waals surface area contributed by atoms with E-state index in [2.05, 4.69) is 20.9 Å². The summed E-state index contributed by atoms with van der Waals surface area (Å²) in [5, 5.41) is 8.97. The summed E-state index contributed by atoms with van der Waals surface area (Å²) in [6.07, 6.45) is 1.54. The molecule has 2 aromatic carbocycles. The Bertz CT molecular complexity index is 1040. The largest absolute Gasteiger partial charge is 0.497 e. The van der Waals surface area contributed by atoms with Crippen LogP contribution < -0.4 is 25.4 Å². The zero-order chi connectivity index (χ0) is 24.8. The average Bonchev–Trinajstić information content (AvgIpc) is 3.32. The molecule has 2 heterocycles. The van der Waals surface area contributed by atoms with Crippen LogP contribution in [0.4, 0.5) is 0 Å². The molecule has 2 aromatic rings. The summed E-state index contributed by atoms with van der Waals surface area (Å²) in [5.41, 5.74) is 1.55. The minimum Gasteiger partial charge on any atom is -0.497 e. The van der Waals surface area contributed by atoms with E-state index in [9.17, 15) is 14.4 Å². The average molecular weight is 481 g/mol. The predicted octanol–water partition coefficient (Wildman–Crippen LogP) is 1.47. The van der Waals surface area contributed by atoms with Crippen LogP contribution in [-0.2, 0) is 16.1 Å². The number of carbonyl (C=O) groups excluding carboxylic acids is 3. The second-order valence-electron chi connectivity index (χ2n) is 8.91. The molecule has 0 spiro atoms. The van der Waals surface area contributed by atoms with Gasteiger partial charge in [0.15, 0.2) is 0 Å². The summed E-state index contributed by atoms with van der Waals surface area (Å²) >= 11 is 0. The molecule has 35 heavy (non-hydrogen) atoms. The number of piperazine rings is 1. The van der Waals surface area contributed by atoms with Gasteiger partial charge in [-0.2, -0.15) is 0 Å². The number of rotatable bonds is 9. The van der Waals surface area contributed by atoms with Crippen molar-refractivity contribution in [3.05, 3.63) is 59.7 Å². The molecule has 2 aliphatic rings. The third-order valence-electron chi connectivity index (χ3n) is 6.66. The highest BCUT2D eigenvalue weighted by Crippen LogP contribution is 2.26. The minimum absolute atomic E-state index is 0.0218. The van der Waals surface area contributed by atoms with Crippen molar-refractivity contribution in [2.75, 3.05) is 27.3 Å². The fraction of sp³-hybridized carbons (Fsp3) is 0.423. The molecule has 2 fully saturated rings. The van der Waals surface area contributed by atoms with Gasteiger partial charge in [-0.3, -0.25) is 19.3 Å². The molecule has 3 amide bonds. The van der Waals surface area contributed by atoms with E-state index in [1.165, 1.54) is 0 Å².